The Kier molecular flexibility index (Phi) is 5.42. The van der Waals surface area contributed by atoms with E-state index in [-0.39, 0.29) is 9.92 Å². The van der Waals surface area contributed by atoms with Crippen LogP contribution in [0.1, 0.15) is 19.4 Å². The fourth-order valence-electron chi connectivity index (χ4n) is 2.34. The number of benzene rings is 2. The highest BCUT2D eigenvalue weighted by Crippen LogP contribution is 2.33. The summed E-state index contributed by atoms with van der Waals surface area (Å²) in [5.41, 5.74) is -0.145. The highest BCUT2D eigenvalue weighted by molar-refractivity contribution is 7.89. The number of hydrogen-bond donors (Lipinski definition) is 1. The summed E-state index contributed by atoms with van der Waals surface area (Å²) in [5.74, 6) is 1.10. The molecule has 0 radical (unpaired) electrons. The van der Waals surface area contributed by atoms with Crippen LogP contribution in [0.15, 0.2) is 47.4 Å². The molecule has 0 aliphatic heterocycles. The summed E-state index contributed by atoms with van der Waals surface area (Å²) in [6, 6.07) is 11.6. The van der Waals surface area contributed by atoms with Crippen molar-refractivity contribution in [3.8, 4) is 11.5 Å². The Bertz CT molecular complexity index is 834. The molecule has 7 heteroatoms. The zero-order valence-corrected chi connectivity index (χ0v) is 15.5. The van der Waals surface area contributed by atoms with E-state index in [1.807, 2.05) is 0 Å². The van der Waals surface area contributed by atoms with E-state index in [0.29, 0.717) is 11.5 Å². The van der Waals surface area contributed by atoms with Gasteiger partial charge in [0.1, 0.15) is 4.90 Å². The molecule has 0 aliphatic carbocycles. The highest BCUT2D eigenvalue weighted by Gasteiger charge is 2.30. The summed E-state index contributed by atoms with van der Waals surface area (Å²) in [4.78, 5) is 0.0419. The fourth-order valence-corrected chi connectivity index (χ4v) is 4.26. The molecule has 2 rings (SSSR count). The van der Waals surface area contributed by atoms with Crippen LogP contribution in [-0.2, 0) is 15.6 Å². The molecule has 2 aromatic carbocycles. The van der Waals surface area contributed by atoms with Gasteiger partial charge >= 0.3 is 0 Å². The number of ether oxygens (including phenoxy) is 2. The van der Waals surface area contributed by atoms with E-state index in [2.05, 4.69) is 4.72 Å². The van der Waals surface area contributed by atoms with Gasteiger partial charge in [0.15, 0.2) is 11.5 Å². The first-order valence-electron chi connectivity index (χ1n) is 7.22. The van der Waals surface area contributed by atoms with Gasteiger partial charge in [-0.2, -0.15) is 0 Å². The van der Waals surface area contributed by atoms with Crippen LogP contribution >= 0.6 is 11.6 Å². The van der Waals surface area contributed by atoms with Gasteiger partial charge in [-0.1, -0.05) is 29.8 Å². The third-order valence-corrected chi connectivity index (χ3v) is 5.78. The molecule has 1 N–H and O–H groups in total. The normalized spacial score (nSPS) is 12.0. The SMILES string of the molecule is COc1ccc(C(C)(C)NS(=O)(=O)c2ccccc2Cl)cc1OC. The Morgan fingerprint density at radius 2 is 1.62 bits per heavy atom. The van der Waals surface area contributed by atoms with E-state index >= 15 is 0 Å². The lowest BCUT2D eigenvalue weighted by molar-refractivity contribution is 0.352. The quantitative estimate of drug-likeness (QED) is 0.845. The molecule has 0 aromatic heterocycles. The van der Waals surface area contributed by atoms with Crippen LogP contribution in [0, 0.1) is 0 Å². The zero-order valence-electron chi connectivity index (χ0n) is 14.0. The maximum Gasteiger partial charge on any atom is 0.242 e. The first-order chi connectivity index (χ1) is 11.2. The molecule has 0 bridgehead atoms. The first kappa shape index (κ1) is 18.6. The second-order valence-corrected chi connectivity index (χ2v) is 7.79. The van der Waals surface area contributed by atoms with Crippen molar-refractivity contribution < 1.29 is 17.9 Å². The Morgan fingerprint density at radius 1 is 1.00 bits per heavy atom. The Morgan fingerprint density at radius 3 is 2.21 bits per heavy atom. The molecular formula is C17H20ClNO4S. The van der Waals surface area contributed by atoms with Crippen molar-refractivity contribution in [2.24, 2.45) is 0 Å². The van der Waals surface area contributed by atoms with Crippen molar-refractivity contribution in [3.63, 3.8) is 0 Å². The number of halogens is 1. The van der Waals surface area contributed by atoms with Gasteiger partial charge in [-0.15, -0.1) is 0 Å². The second kappa shape index (κ2) is 7.01. The fraction of sp³-hybridized carbons (Fsp3) is 0.294. The number of rotatable bonds is 6. The van der Waals surface area contributed by atoms with Crippen molar-refractivity contribution in [1.29, 1.82) is 0 Å². The molecule has 5 nitrogen and oxygen atoms in total. The van der Waals surface area contributed by atoms with Gasteiger partial charge in [-0.3, -0.25) is 0 Å². The standard InChI is InChI=1S/C17H20ClNO4S/c1-17(2,12-9-10-14(22-3)15(11-12)23-4)19-24(20,21)16-8-6-5-7-13(16)18/h5-11,19H,1-4H3. The van der Waals surface area contributed by atoms with Crippen molar-refractivity contribution >= 4 is 21.6 Å². The zero-order chi connectivity index (χ0) is 18.0. The van der Waals surface area contributed by atoms with E-state index in [1.54, 1.807) is 57.4 Å². The van der Waals surface area contributed by atoms with E-state index in [0.717, 1.165) is 5.56 Å². The van der Waals surface area contributed by atoms with Crippen LogP contribution in [0.2, 0.25) is 5.02 Å². The Hall–Kier alpha value is -1.76. The Labute approximate surface area is 147 Å². The number of sulfonamides is 1. The molecule has 0 aliphatic rings. The van der Waals surface area contributed by atoms with Crippen molar-refractivity contribution in [1.82, 2.24) is 4.72 Å². The number of hydrogen-bond acceptors (Lipinski definition) is 4. The van der Waals surface area contributed by atoms with Crippen LogP contribution in [0.4, 0.5) is 0 Å². The van der Waals surface area contributed by atoms with Crippen LogP contribution in [0.3, 0.4) is 0 Å². The summed E-state index contributed by atoms with van der Waals surface area (Å²) >= 11 is 6.02. The average Bonchev–Trinajstić information content (AvgIpc) is 2.53. The molecule has 0 unspecified atom stereocenters. The molecule has 130 valence electrons. The minimum absolute atomic E-state index is 0.0419. The van der Waals surface area contributed by atoms with Gasteiger partial charge in [-0.05, 0) is 43.7 Å². The van der Waals surface area contributed by atoms with E-state index < -0.39 is 15.6 Å². The van der Waals surface area contributed by atoms with Gasteiger partial charge in [-0.25, -0.2) is 13.1 Å². The molecule has 2 aromatic rings. The summed E-state index contributed by atoms with van der Waals surface area (Å²) < 4.78 is 38.5. The molecule has 0 amide bonds. The lowest BCUT2D eigenvalue weighted by Crippen LogP contribution is -2.41. The van der Waals surface area contributed by atoms with Gasteiger partial charge < -0.3 is 9.47 Å². The predicted molar refractivity (Wildman–Crippen MR) is 94.3 cm³/mol. The minimum Gasteiger partial charge on any atom is -0.493 e. The molecule has 24 heavy (non-hydrogen) atoms. The van der Waals surface area contributed by atoms with Crippen LogP contribution in [0.25, 0.3) is 0 Å². The van der Waals surface area contributed by atoms with Gasteiger partial charge in [0.2, 0.25) is 10.0 Å². The van der Waals surface area contributed by atoms with Crippen LogP contribution in [0.5, 0.6) is 11.5 Å². The third kappa shape index (κ3) is 3.83. The highest BCUT2D eigenvalue weighted by atomic mass is 35.5. The molecule has 0 fully saturated rings. The predicted octanol–water partition coefficient (Wildman–Crippen LogP) is 3.57. The topological polar surface area (TPSA) is 64.6 Å². The van der Waals surface area contributed by atoms with Crippen molar-refractivity contribution in [2.75, 3.05) is 14.2 Å². The van der Waals surface area contributed by atoms with Crippen LogP contribution < -0.4 is 14.2 Å². The molecule has 0 saturated carbocycles. The summed E-state index contributed by atoms with van der Waals surface area (Å²) in [7, 11) is -0.711. The summed E-state index contributed by atoms with van der Waals surface area (Å²) in [5, 5.41) is 0.174. The maximum atomic E-state index is 12.7. The van der Waals surface area contributed by atoms with Gasteiger partial charge in [0.25, 0.3) is 0 Å². The number of nitrogens with one attached hydrogen (secondary N) is 1. The molecule has 0 atom stereocenters. The van der Waals surface area contributed by atoms with Crippen molar-refractivity contribution in [2.45, 2.75) is 24.3 Å². The third-order valence-electron chi connectivity index (χ3n) is 3.62. The largest absolute Gasteiger partial charge is 0.493 e. The summed E-state index contributed by atoms with van der Waals surface area (Å²) in [6.45, 7) is 3.53. The monoisotopic (exact) mass is 369 g/mol. The smallest absolute Gasteiger partial charge is 0.242 e. The van der Waals surface area contributed by atoms with Crippen LogP contribution in [-0.4, -0.2) is 22.6 Å². The lowest BCUT2D eigenvalue weighted by Gasteiger charge is -2.27. The van der Waals surface area contributed by atoms with Gasteiger partial charge in [0, 0.05) is 0 Å². The molecular weight excluding hydrogens is 350 g/mol. The lowest BCUT2D eigenvalue weighted by atomic mass is 9.95. The second-order valence-electron chi connectivity index (χ2n) is 5.73. The Balaban J connectivity index is 2.39. The summed E-state index contributed by atoms with van der Waals surface area (Å²) in [6.07, 6.45) is 0. The molecule has 0 saturated heterocycles. The minimum atomic E-state index is -3.79. The van der Waals surface area contributed by atoms with E-state index in [4.69, 9.17) is 21.1 Å². The maximum absolute atomic E-state index is 12.7. The van der Waals surface area contributed by atoms with E-state index in [9.17, 15) is 8.42 Å². The van der Waals surface area contributed by atoms with Gasteiger partial charge in [0.05, 0.1) is 24.8 Å². The van der Waals surface area contributed by atoms with Crippen molar-refractivity contribution in [3.05, 3.63) is 53.1 Å². The average molecular weight is 370 g/mol. The molecule has 0 heterocycles. The van der Waals surface area contributed by atoms with E-state index in [1.165, 1.54) is 13.2 Å². The number of methoxy groups -OCH3 is 2. The first-order valence-corrected chi connectivity index (χ1v) is 9.08. The molecule has 0 spiro atoms.